The van der Waals surface area contributed by atoms with Gasteiger partial charge in [0, 0.05) is 17.2 Å². The Morgan fingerprint density at radius 2 is 1.69 bits per heavy atom. The second kappa shape index (κ2) is 7.63. The van der Waals surface area contributed by atoms with Crippen molar-refractivity contribution in [1.82, 2.24) is 10.1 Å². The molecule has 4 rings (SSSR count). The molecule has 160 valence electrons. The van der Waals surface area contributed by atoms with Gasteiger partial charge < -0.3 is 10.1 Å². The number of aryl methyl sites for hydroxylation is 1. The number of alkyl carbamates (subject to hydrolysis) is 1. The zero-order chi connectivity index (χ0) is 21.3. The Bertz CT molecular complexity index is 878. The van der Waals surface area contributed by atoms with Gasteiger partial charge in [-0.25, -0.2) is 9.63 Å². The van der Waals surface area contributed by atoms with Gasteiger partial charge in [-0.3, -0.25) is 0 Å². The number of hydrazone groups is 1. The van der Waals surface area contributed by atoms with Crippen molar-refractivity contribution < 1.29 is 17.9 Å². The van der Waals surface area contributed by atoms with Crippen molar-refractivity contribution in [1.29, 1.82) is 0 Å². The molecule has 1 aromatic carbocycles. The maximum atomic E-state index is 12.5. The molecule has 0 aromatic heterocycles. The van der Waals surface area contributed by atoms with Gasteiger partial charge in [0.25, 0.3) is 10.0 Å². The first kappa shape index (κ1) is 21.6. The summed E-state index contributed by atoms with van der Waals surface area (Å²) in [6, 6.07) is 6.83. The minimum absolute atomic E-state index is 0.119. The molecule has 3 aliphatic carbocycles. The van der Waals surface area contributed by atoms with Crippen LogP contribution in [0, 0.1) is 12.3 Å². The van der Waals surface area contributed by atoms with Crippen molar-refractivity contribution in [3.8, 4) is 0 Å². The number of hydrogen-bond donors (Lipinski definition) is 2. The Kier molecular flexibility index (Phi) is 5.69. The van der Waals surface area contributed by atoms with Crippen molar-refractivity contribution in [2.24, 2.45) is 10.5 Å². The topological polar surface area (TPSA) is 96.9 Å². The zero-order valence-electron chi connectivity index (χ0n) is 17.6. The van der Waals surface area contributed by atoms with Crippen LogP contribution in [0.3, 0.4) is 0 Å². The number of fused-ring (bicyclic) bond motifs is 3. The van der Waals surface area contributed by atoms with Crippen LogP contribution in [0.15, 0.2) is 34.3 Å². The molecule has 0 spiro atoms. The molecule has 0 atom stereocenters. The molecule has 0 saturated heterocycles. The molecule has 29 heavy (non-hydrogen) atoms. The van der Waals surface area contributed by atoms with Gasteiger partial charge in [-0.05, 0) is 77.8 Å². The average Bonchev–Trinajstić information content (AvgIpc) is 2.61. The van der Waals surface area contributed by atoms with Gasteiger partial charge in [0.15, 0.2) is 0 Å². The number of rotatable bonds is 5. The molecular weight excluding hydrogens is 390 g/mol. The van der Waals surface area contributed by atoms with Crippen LogP contribution in [-0.4, -0.2) is 31.9 Å². The quantitative estimate of drug-likeness (QED) is 0.557. The Morgan fingerprint density at radius 1 is 1.10 bits per heavy atom. The van der Waals surface area contributed by atoms with E-state index in [-0.39, 0.29) is 21.9 Å². The lowest BCUT2D eigenvalue weighted by Crippen LogP contribution is -2.57. The number of amides is 1. The van der Waals surface area contributed by atoms with Gasteiger partial charge in [0.1, 0.15) is 5.60 Å². The molecule has 3 aliphatic rings. The fraction of sp³-hybridized carbons (Fsp3) is 0.619. The van der Waals surface area contributed by atoms with Crippen LogP contribution < -0.4 is 10.1 Å². The van der Waals surface area contributed by atoms with Crippen LogP contribution >= 0.6 is 0 Å². The highest BCUT2D eigenvalue weighted by Crippen LogP contribution is 2.51. The lowest BCUT2D eigenvalue weighted by Gasteiger charge is -2.52. The van der Waals surface area contributed by atoms with Crippen LogP contribution in [0.5, 0.6) is 0 Å². The molecule has 7 nitrogen and oxygen atoms in total. The van der Waals surface area contributed by atoms with Crippen molar-refractivity contribution in [3.63, 3.8) is 0 Å². The van der Waals surface area contributed by atoms with Crippen molar-refractivity contribution in [2.75, 3.05) is 0 Å². The molecule has 0 heterocycles. The van der Waals surface area contributed by atoms with Crippen molar-refractivity contribution in [2.45, 2.75) is 82.3 Å². The summed E-state index contributed by atoms with van der Waals surface area (Å²) in [5.74, 6) is 0. The van der Waals surface area contributed by atoms with Gasteiger partial charge >= 0.3 is 6.09 Å². The van der Waals surface area contributed by atoms with E-state index in [0.29, 0.717) is 5.56 Å². The van der Waals surface area contributed by atoms with Gasteiger partial charge in [-0.1, -0.05) is 18.2 Å². The van der Waals surface area contributed by atoms with E-state index < -0.39 is 15.6 Å². The van der Waals surface area contributed by atoms with Gasteiger partial charge in [-0.15, -0.1) is 0 Å². The van der Waals surface area contributed by atoms with E-state index in [9.17, 15) is 13.2 Å². The highest BCUT2D eigenvalue weighted by Gasteiger charge is 2.49. The van der Waals surface area contributed by atoms with Crippen LogP contribution in [0.2, 0.25) is 0 Å². The smallest absolute Gasteiger partial charge is 0.408 e. The number of nitrogens with one attached hydrogen (secondary N) is 2. The summed E-state index contributed by atoms with van der Waals surface area (Å²) in [6.07, 6.45) is 6.48. The molecule has 1 amide bonds. The highest BCUT2D eigenvalue weighted by molar-refractivity contribution is 7.89. The minimum Gasteiger partial charge on any atom is -0.444 e. The third-order valence-corrected chi connectivity index (χ3v) is 7.35. The lowest BCUT2D eigenvalue weighted by atomic mass is 9.58. The lowest BCUT2D eigenvalue weighted by molar-refractivity contribution is 0.0247. The van der Waals surface area contributed by atoms with E-state index in [2.05, 4.69) is 15.2 Å². The SMILES string of the molecule is Cc1ccccc1S(=O)(=O)NN=CC12CCC(NC(=O)OC(C)(C)C)(CC1)CC2. The van der Waals surface area contributed by atoms with E-state index >= 15 is 0 Å². The molecule has 3 saturated carbocycles. The summed E-state index contributed by atoms with van der Waals surface area (Å²) < 4.78 is 30.4. The van der Waals surface area contributed by atoms with Crippen LogP contribution in [0.4, 0.5) is 4.79 Å². The molecule has 0 radical (unpaired) electrons. The van der Waals surface area contributed by atoms with Gasteiger partial charge in [0.05, 0.1) is 4.90 Å². The average molecular weight is 422 g/mol. The summed E-state index contributed by atoms with van der Waals surface area (Å²) in [5.41, 5.74) is -0.180. The maximum Gasteiger partial charge on any atom is 0.408 e. The summed E-state index contributed by atoms with van der Waals surface area (Å²) in [5, 5.41) is 7.19. The number of ether oxygens (including phenoxy) is 1. The second-order valence-electron chi connectivity index (χ2n) is 9.39. The molecular formula is C21H31N3O4S. The monoisotopic (exact) mass is 421 g/mol. The molecule has 1 aromatic rings. The Hall–Kier alpha value is -2.09. The number of benzene rings is 1. The Balaban J connectivity index is 1.60. The minimum atomic E-state index is -3.68. The predicted molar refractivity (Wildman–Crippen MR) is 112 cm³/mol. The van der Waals surface area contributed by atoms with E-state index in [1.54, 1.807) is 37.4 Å². The summed E-state index contributed by atoms with van der Waals surface area (Å²) in [4.78, 5) is 14.8. The number of sulfonamides is 1. The standard InChI is InChI=1S/C21H31N3O4S/c1-16-7-5-6-8-17(16)29(26,27)24-22-15-20-9-12-21(13-10-20,14-11-20)23-18(25)28-19(2,3)4/h5-8,15,24H,9-14H2,1-4H3,(H,23,25). The van der Waals surface area contributed by atoms with Crippen LogP contribution in [0.1, 0.15) is 64.9 Å². The van der Waals surface area contributed by atoms with Gasteiger partial charge in [0.2, 0.25) is 0 Å². The van der Waals surface area contributed by atoms with E-state index in [1.165, 1.54) is 0 Å². The highest BCUT2D eigenvalue weighted by atomic mass is 32.2. The summed E-state index contributed by atoms with van der Waals surface area (Å²) in [6.45, 7) is 7.32. The number of carbonyl (C=O) groups is 1. The molecule has 3 fully saturated rings. The van der Waals surface area contributed by atoms with E-state index in [4.69, 9.17) is 4.74 Å². The first-order valence-electron chi connectivity index (χ1n) is 10.1. The fourth-order valence-electron chi connectivity index (χ4n) is 4.26. The first-order chi connectivity index (χ1) is 13.4. The summed E-state index contributed by atoms with van der Waals surface area (Å²) >= 11 is 0. The Morgan fingerprint density at radius 3 is 2.24 bits per heavy atom. The van der Waals surface area contributed by atoms with Crippen molar-refractivity contribution >= 4 is 22.3 Å². The number of carbonyl (C=O) groups excluding carboxylic acids is 1. The maximum absolute atomic E-state index is 12.5. The fourth-order valence-corrected chi connectivity index (χ4v) is 5.30. The van der Waals surface area contributed by atoms with Crippen LogP contribution in [-0.2, 0) is 14.8 Å². The van der Waals surface area contributed by atoms with E-state index in [0.717, 1.165) is 38.5 Å². The third kappa shape index (κ3) is 5.10. The third-order valence-electron chi connectivity index (χ3n) is 5.96. The predicted octanol–water partition coefficient (Wildman–Crippen LogP) is 3.88. The van der Waals surface area contributed by atoms with Crippen LogP contribution in [0.25, 0.3) is 0 Å². The van der Waals surface area contributed by atoms with E-state index in [1.807, 2.05) is 20.8 Å². The molecule has 2 N–H and O–H groups in total. The molecule has 0 aliphatic heterocycles. The number of hydrogen-bond acceptors (Lipinski definition) is 5. The molecule has 8 heteroatoms. The van der Waals surface area contributed by atoms with Gasteiger partial charge in [-0.2, -0.15) is 13.5 Å². The zero-order valence-corrected chi connectivity index (χ0v) is 18.4. The van der Waals surface area contributed by atoms with Crippen molar-refractivity contribution in [3.05, 3.63) is 29.8 Å². The largest absolute Gasteiger partial charge is 0.444 e. The molecule has 0 unspecified atom stereocenters. The second-order valence-corrected chi connectivity index (χ2v) is 11.0. The normalized spacial score (nSPS) is 27.0. The Labute approximate surface area is 173 Å². The summed E-state index contributed by atoms with van der Waals surface area (Å²) in [7, 11) is -3.68. The number of nitrogens with zero attached hydrogens (tertiary/aromatic N) is 1. The molecule has 2 bridgehead atoms. The first-order valence-corrected chi connectivity index (χ1v) is 11.6.